The number of hydrogen-bond acceptors (Lipinski definition) is 4. The second-order valence-corrected chi connectivity index (χ2v) is 6.08. The van der Waals surface area contributed by atoms with Gasteiger partial charge < -0.3 is 9.88 Å². The maximum absolute atomic E-state index is 13.1. The van der Waals surface area contributed by atoms with Gasteiger partial charge in [0, 0.05) is 13.1 Å². The first-order valence-electron chi connectivity index (χ1n) is 7.39. The molecule has 1 N–H and O–H groups in total. The van der Waals surface area contributed by atoms with Crippen LogP contribution in [-0.4, -0.2) is 28.0 Å². The molecule has 24 heavy (non-hydrogen) atoms. The summed E-state index contributed by atoms with van der Waals surface area (Å²) < 4.78 is 38.8. The highest BCUT2D eigenvalue weighted by Crippen LogP contribution is 2.43. The third-order valence-corrected chi connectivity index (χ3v) is 4.26. The molecule has 0 aliphatic carbocycles. The zero-order chi connectivity index (χ0) is 18.1. The summed E-state index contributed by atoms with van der Waals surface area (Å²) in [5, 5.41) is 11.3. The molecule has 132 valence electrons. The van der Waals surface area contributed by atoms with E-state index in [9.17, 15) is 23.3 Å². The Morgan fingerprint density at radius 1 is 1.33 bits per heavy atom. The first-order chi connectivity index (χ1) is 11.2. The van der Waals surface area contributed by atoms with Gasteiger partial charge in [-0.15, -0.1) is 0 Å². The number of aromatic amines is 1. The molecular weight excluding hydrogens is 393 g/mol. The number of aromatic nitrogens is 2. The van der Waals surface area contributed by atoms with E-state index in [-0.39, 0.29) is 11.0 Å². The largest absolute Gasteiger partial charge is 0.417 e. The van der Waals surface area contributed by atoms with Crippen LogP contribution in [0.5, 0.6) is 0 Å². The van der Waals surface area contributed by atoms with Crippen LogP contribution in [0.1, 0.15) is 32.3 Å². The molecule has 0 atom stereocenters. The van der Waals surface area contributed by atoms with E-state index in [1.54, 1.807) is 0 Å². The van der Waals surface area contributed by atoms with Gasteiger partial charge in [0.1, 0.15) is 9.99 Å². The van der Waals surface area contributed by atoms with Crippen LogP contribution in [0.2, 0.25) is 0 Å². The minimum absolute atomic E-state index is 0.0212. The van der Waals surface area contributed by atoms with Crippen LogP contribution in [0.15, 0.2) is 10.5 Å². The molecule has 0 bridgehead atoms. The molecule has 0 saturated carbocycles. The van der Waals surface area contributed by atoms with Crippen molar-refractivity contribution < 1.29 is 18.1 Å². The molecule has 2 rings (SSSR count). The molecule has 0 aliphatic heterocycles. The monoisotopic (exact) mass is 408 g/mol. The van der Waals surface area contributed by atoms with Crippen molar-refractivity contribution in [2.45, 2.75) is 32.9 Å². The molecule has 2 aromatic rings. The van der Waals surface area contributed by atoms with E-state index in [2.05, 4.69) is 25.9 Å². The van der Waals surface area contributed by atoms with Gasteiger partial charge in [0.2, 0.25) is 5.95 Å². The summed E-state index contributed by atoms with van der Waals surface area (Å²) in [6.07, 6.45) is -3.09. The van der Waals surface area contributed by atoms with Gasteiger partial charge >= 0.3 is 11.9 Å². The second-order valence-electron chi connectivity index (χ2n) is 5.28. The van der Waals surface area contributed by atoms with Crippen LogP contribution < -0.4 is 4.90 Å². The number of nitro benzene ring substituents is 1. The fraction of sp³-hybridized carbons (Fsp3) is 0.500. The third kappa shape index (κ3) is 3.47. The topological polar surface area (TPSA) is 75.1 Å². The van der Waals surface area contributed by atoms with Crippen molar-refractivity contribution in [3.63, 3.8) is 0 Å². The molecule has 0 radical (unpaired) electrons. The number of H-pyrrole nitrogens is 1. The molecule has 1 aromatic heterocycles. The summed E-state index contributed by atoms with van der Waals surface area (Å²) in [7, 11) is 0. The van der Waals surface area contributed by atoms with Crippen molar-refractivity contribution in [3.8, 4) is 0 Å². The first kappa shape index (κ1) is 18.5. The lowest BCUT2D eigenvalue weighted by Gasteiger charge is -2.19. The van der Waals surface area contributed by atoms with E-state index in [1.807, 2.05) is 18.7 Å². The molecule has 0 spiro atoms. The number of benzene rings is 1. The number of nitro groups is 1. The van der Waals surface area contributed by atoms with Crippen LogP contribution in [0.25, 0.3) is 11.0 Å². The predicted molar refractivity (Wildman–Crippen MR) is 88.2 cm³/mol. The number of rotatable bonds is 6. The minimum Gasteiger partial charge on any atom is -0.342 e. The average molecular weight is 409 g/mol. The number of hydrogen-bond donors (Lipinski definition) is 1. The Hall–Kier alpha value is -1.84. The van der Waals surface area contributed by atoms with Crippen molar-refractivity contribution >= 4 is 38.6 Å². The SMILES string of the molecule is CCCN(CCC)c1nc2cc(C(F)(F)F)c(Br)c([N+](=O)[O-])c2[nH]1. The molecule has 0 fully saturated rings. The summed E-state index contributed by atoms with van der Waals surface area (Å²) in [4.78, 5) is 19.3. The molecule has 0 unspecified atom stereocenters. The lowest BCUT2D eigenvalue weighted by Crippen LogP contribution is -2.25. The van der Waals surface area contributed by atoms with Crippen LogP contribution in [0.4, 0.5) is 24.8 Å². The number of halogens is 4. The highest BCUT2D eigenvalue weighted by Gasteiger charge is 2.38. The summed E-state index contributed by atoms with van der Waals surface area (Å²) in [5.41, 5.74) is -1.87. The predicted octanol–water partition coefficient (Wildman–Crippen LogP) is 4.88. The number of fused-ring (bicyclic) bond motifs is 1. The Morgan fingerprint density at radius 3 is 2.38 bits per heavy atom. The quantitative estimate of drug-likeness (QED) is 0.545. The molecular formula is C14H16BrF3N4O2. The molecule has 0 saturated heterocycles. The maximum atomic E-state index is 13.1. The van der Waals surface area contributed by atoms with E-state index in [4.69, 9.17) is 0 Å². The van der Waals surface area contributed by atoms with Crippen molar-refractivity contribution in [1.29, 1.82) is 0 Å². The van der Waals surface area contributed by atoms with Crippen LogP contribution in [-0.2, 0) is 6.18 Å². The zero-order valence-corrected chi connectivity index (χ0v) is 14.7. The molecule has 0 amide bonds. The number of imidazole rings is 1. The Balaban J connectivity index is 2.70. The summed E-state index contributed by atoms with van der Waals surface area (Å²) in [5.74, 6) is 0.336. The van der Waals surface area contributed by atoms with Crippen molar-refractivity contribution in [3.05, 3.63) is 26.2 Å². The van der Waals surface area contributed by atoms with Gasteiger partial charge in [0.05, 0.1) is 16.0 Å². The van der Waals surface area contributed by atoms with Crippen molar-refractivity contribution in [2.24, 2.45) is 0 Å². The molecule has 1 heterocycles. The number of nitrogens with one attached hydrogen (secondary N) is 1. The standard InChI is InChI=1S/C14H16BrF3N4O2/c1-3-5-21(6-4-2)13-19-9-7-8(14(16,17)18)10(15)12(22(23)24)11(9)20-13/h7H,3-6H2,1-2H3,(H,19,20). The Bertz CT molecular complexity index is 755. The van der Waals surface area contributed by atoms with Crippen molar-refractivity contribution in [2.75, 3.05) is 18.0 Å². The van der Waals surface area contributed by atoms with Gasteiger partial charge in [-0.2, -0.15) is 13.2 Å². The first-order valence-corrected chi connectivity index (χ1v) is 8.18. The number of nitrogens with zero attached hydrogens (tertiary/aromatic N) is 3. The van der Waals surface area contributed by atoms with Gasteiger partial charge in [-0.3, -0.25) is 10.1 Å². The molecule has 6 nitrogen and oxygen atoms in total. The zero-order valence-electron chi connectivity index (χ0n) is 13.1. The van der Waals surface area contributed by atoms with Crippen LogP contribution in [0.3, 0.4) is 0 Å². The van der Waals surface area contributed by atoms with Crippen molar-refractivity contribution in [1.82, 2.24) is 9.97 Å². The Labute approximate surface area is 144 Å². The highest BCUT2D eigenvalue weighted by molar-refractivity contribution is 9.10. The second kappa shape index (κ2) is 6.96. The minimum atomic E-state index is -4.72. The van der Waals surface area contributed by atoms with Gasteiger partial charge in [-0.05, 0) is 34.8 Å². The number of alkyl halides is 3. The fourth-order valence-electron chi connectivity index (χ4n) is 2.49. The highest BCUT2D eigenvalue weighted by atomic mass is 79.9. The van der Waals surface area contributed by atoms with Gasteiger partial charge in [-0.1, -0.05) is 13.8 Å². The molecule has 1 aromatic carbocycles. The van der Waals surface area contributed by atoms with E-state index in [1.165, 1.54) is 0 Å². The third-order valence-electron chi connectivity index (χ3n) is 3.46. The van der Waals surface area contributed by atoms with E-state index < -0.39 is 26.8 Å². The summed E-state index contributed by atoms with van der Waals surface area (Å²) in [6, 6.07) is 0.822. The maximum Gasteiger partial charge on any atom is 0.417 e. The Kier molecular flexibility index (Phi) is 5.36. The van der Waals surface area contributed by atoms with Gasteiger partial charge in [-0.25, -0.2) is 4.98 Å². The average Bonchev–Trinajstić information content (AvgIpc) is 2.88. The van der Waals surface area contributed by atoms with E-state index in [0.717, 1.165) is 18.9 Å². The lowest BCUT2D eigenvalue weighted by atomic mass is 10.1. The molecule has 0 aliphatic rings. The number of anilines is 1. The Morgan fingerprint density at radius 2 is 1.92 bits per heavy atom. The molecule has 10 heteroatoms. The van der Waals surface area contributed by atoms with Gasteiger partial charge in [0.15, 0.2) is 0 Å². The fourth-order valence-corrected chi connectivity index (χ4v) is 3.17. The lowest BCUT2D eigenvalue weighted by molar-refractivity contribution is -0.384. The van der Waals surface area contributed by atoms with E-state index in [0.29, 0.717) is 19.0 Å². The summed E-state index contributed by atoms with van der Waals surface area (Å²) >= 11 is 2.72. The van der Waals surface area contributed by atoms with Crippen LogP contribution in [0, 0.1) is 10.1 Å². The smallest absolute Gasteiger partial charge is 0.342 e. The van der Waals surface area contributed by atoms with Gasteiger partial charge in [0.25, 0.3) is 0 Å². The summed E-state index contributed by atoms with van der Waals surface area (Å²) in [6.45, 7) is 5.22. The normalized spacial score (nSPS) is 11.9. The van der Waals surface area contributed by atoms with Crippen LogP contribution >= 0.6 is 15.9 Å². The van der Waals surface area contributed by atoms with E-state index >= 15 is 0 Å².